The Morgan fingerprint density at radius 3 is 2.40 bits per heavy atom. The molecule has 0 bridgehead atoms. The highest BCUT2D eigenvalue weighted by Gasteiger charge is 2.25. The topological polar surface area (TPSA) is 101 Å². The SMILES string of the molecule is O=C(Nc1nnc(S(=O)(=O)NC2CCCCCC2)s1)c1ccccc1. The van der Waals surface area contributed by atoms with Gasteiger partial charge in [-0.25, -0.2) is 13.1 Å². The molecule has 1 fully saturated rings. The minimum absolute atomic E-state index is 0.0567. The molecule has 0 spiro atoms. The fourth-order valence-corrected chi connectivity index (χ4v) is 5.01. The number of amides is 1. The number of hydrogen-bond donors (Lipinski definition) is 2. The maximum absolute atomic E-state index is 12.5. The predicted octanol–water partition coefficient (Wildman–Crippen LogP) is 2.79. The third-order valence-corrected chi connectivity index (χ3v) is 6.80. The summed E-state index contributed by atoms with van der Waals surface area (Å²) in [5.41, 5.74) is 0.471. The van der Waals surface area contributed by atoms with Gasteiger partial charge in [0.15, 0.2) is 0 Å². The monoisotopic (exact) mass is 380 g/mol. The summed E-state index contributed by atoms with van der Waals surface area (Å²) in [6.07, 6.45) is 6.04. The lowest BCUT2D eigenvalue weighted by Crippen LogP contribution is -2.34. The number of sulfonamides is 1. The van der Waals surface area contributed by atoms with Gasteiger partial charge in [0.25, 0.3) is 15.9 Å². The van der Waals surface area contributed by atoms with Crippen molar-refractivity contribution in [2.45, 2.75) is 48.9 Å². The number of anilines is 1. The number of rotatable bonds is 5. The average Bonchev–Trinajstić information content (AvgIpc) is 2.94. The normalized spacial score (nSPS) is 16.3. The van der Waals surface area contributed by atoms with E-state index in [0.717, 1.165) is 49.9 Å². The molecule has 1 aliphatic rings. The van der Waals surface area contributed by atoms with Gasteiger partial charge in [-0.05, 0) is 25.0 Å². The molecule has 1 aromatic carbocycles. The number of nitrogens with zero attached hydrogens (tertiary/aromatic N) is 2. The number of hydrogen-bond acceptors (Lipinski definition) is 6. The molecule has 3 rings (SSSR count). The Morgan fingerprint density at radius 2 is 1.72 bits per heavy atom. The molecule has 25 heavy (non-hydrogen) atoms. The minimum Gasteiger partial charge on any atom is -0.296 e. The first-order valence-electron chi connectivity index (χ1n) is 8.27. The van der Waals surface area contributed by atoms with Gasteiger partial charge in [0, 0.05) is 11.6 Å². The van der Waals surface area contributed by atoms with Gasteiger partial charge in [-0.3, -0.25) is 10.1 Å². The molecular formula is C16H20N4O3S2. The van der Waals surface area contributed by atoms with Gasteiger partial charge >= 0.3 is 0 Å². The molecule has 1 saturated carbocycles. The van der Waals surface area contributed by atoms with Gasteiger partial charge in [0.1, 0.15) is 0 Å². The Balaban J connectivity index is 1.66. The van der Waals surface area contributed by atoms with Gasteiger partial charge in [0.2, 0.25) is 9.47 Å². The number of aromatic nitrogens is 2. The fraction of sp³-hybridized carbons (Fsp3) is 0.438. The standard InChI is InChI=1S/C16H20N4O3S2/c21-14(12-8-4-3-5-9-12)17-15-18-19-16(24-15)25(22,23)20-13-10-6-1-2-7-11-13/h3-5,8-9,13,20H,1-2,6-7,10-11H2,(H,17,18,21). The van der Waals surface area contributed by atoms with Crippen LogP contribution in [0.3, 0.4) is 0 Å². The summed E-state index contributed by atoms with van der Waals surface area (Å²) in [6, 6.07) is 8.59. The van der Waals surface area contributed by atoms with Crippen molar-refractivity contribution in [2.75, 3.05) is 5.32 Å². The van der Waals surface area contributed by atoms with Crippen LogP contribution in [0.2, 0.25) is 0 Å². The maximum atomic E-state index is 12.5. The van der Waals surface area contributed by atoms with E-state index < -0.39 is 10.0 Å². The Labute approximate surface area is 150 Å². The summed E-state index contributed by atoms with van der Waals surface area (Å²) in [4.78, 5) is 12.1. The van der Waals surface area contributed by atoms with Crippen LogP contribution in [0.25, 0.3) is 0 Å². The Kier molecular flexibility index (Phi) is 5.77. The molecule has 1 aliphatic carbocycles. The highest BCUT2D eigenvalue weighted by atomic mass is 32.2. The molecule has 2 aromatic rings. The zero-order valence-corrected chi connectivity index (χ0v) is 15.3. The van der Waals surface area contributed by atoms with Crippen LogP contribution in [0, 0.1) is 0 Å². The molecule has 7 nitrogen and oxygen atoms in total. The number of nitrogens with one attached hydrogen (secondary N) is 2. The smallest absolute Gasteiger partial charge is 0.270 e. The van der Waals surface area contributed by atoms with Crippen molar-refractivity contribution in [1.29, 1.82) is 0 Å². The Hall–Kier alpha value is -1.84. The maximum Gasteiger partial charge on any atom is 0.270 e. The molecule has 0 radical (unpaired) electrons. The van der Waals surface area contributed by atoms with E-state index >= 15 is 0 Å². The van der Waals surface area contributed by atoms with Crippen molar-refractivity contribution in [2.24, 2.45) is 0 Å². The predicted molar refractivity (Wildman–Crippen MR) is 96.1 cm³/mol. The first-order valence-corrected chi connectivity index (χ1v) is 10.6. The van der Waals surface area contributed by atoms with Crippen molar-refractivity contribution >= 4 is 32.4 Å². The van der Waals surface area contributed by atoms with E-state index in [1.807, 2.05) is 6.07 Å². The van der Waals surface area contributed by atoms with E-state index in [9.17, 15) is 13.2 Å². The zero-order chi connectivity index (χ0) is 17.7. The number of carbonyl (C=O) groups excluding carboxylic acids is 1. The van der Waals surface area contributed by atoms with Crippen LogP contribution >= 0.6 is 11.3 Å². The van der Waals surface area contributed by atoms with Crippen LogP contribution in [0.5, 0.6) is 0 Å². The summed E-state index contributed by atoms with van der Waals surface area (Å²) in [5, 5.41) is 10.2. The van der Waals surface area contributed by atoms with Crippen LogP contribution in [-0.4, -0.2) is 30.6 Å². The molecule has 0 aliphatic heterocycles. The summed E-state index contributed by atoms with van der Waals surface area (Å²) >= 11 is 0.852. The average molecular weight is 380 g/mol. The van der Waals surface area contributed by atoms with Crippen molar-refractivity contribution in [1.82, 2.24) is 14.9 Å². The van der Waals surface area contributed by atoms with Crippen LogP contribution < -0.4 is 10.0 Å². The van der Waals surface area contributed by atoms with Crippen molar-refractivity contribution in [3.63, 3.8) is 0 Å². The van der Waals surface area contributed by atoms with E-state index in [4.69, 9.17) is 0 Å². The molecule has 1 aromatic heterocycles. The van der Waals surface area contributed by atoms with E-state index in [1.54, 1.807) is 24.3 Å². The fourth-order valence-electron chi connectivity index (χ4n) is 2.79. The highest BCUT2D eigenvalue weighted by molar-refractivity contribution is 7.91. The molecule has 0 saturated heterocycles. The molecular weight excluding hydrogens is 360 g/mol. The second-order valence-corrected chi connectivity index (χ2v) is 8.87. The van der Waals surface area contributed by atoms with E-state index in [0.29, 0.717) is 5.56 Å². The zero-order valence-electron chi connectivity index (χ0n) is 13.6. The summed E-state index contributed by atoms with van der Waals surface area (Å²) in [7, 11) is -3.71. The Morgan fingerprint density at radius 1 is 1.04 bits per heavy atom. The van der Waals surface area contributed by atoms with E-state index in [1.165, 1.54) is 0 Å². The number of benzene rings is 1. The third-order valence-electron chi connectivity index (χ3n) is 4.07. The van der Waals surface area contributed by atoms with Crippen molar-refractivity contribution < 1.29 is 13.2 Å². The van der Waals surface area contributed by atoms with Gasteiger partial charge in [-0.2, -0.15) is 0 Å². The molecule has 9 heteroatoms. The summed E-state index contributed by atoms with van der Waals surface area (Å²) in [5.74, 6) is -0.350. The van der Waals surface area contributed by atoms with Gasteiger partial charge < -0.3 is 0 Å². The van der Waals surface area contributed by atoms with Gasteiger partial charge in [0.05, 0.1) is 0 Å². The quantitative estimate of drug-likeness (QED) is 0.613. The second kappa shape index (κ2) is 8.03. The molecule has 134 valence electrons. The summed E-state index contributed by atoms with van der Waals surface area (Å²) < 4.78 is 27.5. The molecule has 0 unspecified atom stereocenters. The van der Waals surface area contributed by atoms with Crippen molar-refractivity contribution in [3.8, 4) is 0 Å². The van der Waals surface area contributed by atoms with Crippen LogP contribution in [0.4, 0.5) is 5.13 Å². The van der Waals surface area contributed by atoms with Gasteiger partial charge in [-0.1, -0.05) is 55.2 Å². The molecule has 1 amide bonds. The third kappa shape index (κ3) is 4.83. The lowest BCUT2D eigenvalue weighted by molar-refractivity contribution is 0.102. The molecule has 1 heterocycles. The van der Waals surface area contributed by atoms with Crippen LogP contribution in [0.15, 0.2) is 34.7 Å². The van der Waals surface area contributed by atoms with Gasteiger partial charge in [-0.15, -0.1) is 10.2 Å². The number of carbonyl (C=O) groups is 1. The van der Waals surface area contributed by atoms with Crippen LogP contribution in [0.1, 0.15) is 48.9 Å². The summed E-state index contributed by atoms with van der Waals surface area (Å²) in [6.45, 7) is 0. The highest BCUT2D eigenvalue weighted by Crippen LogP contribution is 2.23. The van der Waals surface area contributed by atoms with Crippen molar-refractivity contribution in [3.05, 3.63) is 35.9 Å². The largest absolute Gasteiger partial charge is 0.296 e. The lowest BCUT2D eigenvalue weighted by Gasteiger charge is -2.14. The van der Waals surface area contributed by atoms with E-state index in [2.05, 4.69) is 20.2 Å². The first kappa shape index (κ1) is 18.0. The lowest BCUT2D eigenvalue weighted by atomic mass is 10.1. The molecule has 2 N–H and O–H groups in total. The second-order valence-electron chi connectivity index (χ2n) is 6.00. The molecule has 0 atom stereocenters. The van der Waals surface area contributed by atoms with E-state index in [-0.39, 0.29) is 21.4 Å². The minimum atomic E-state index is -3.71. The Bertz CT molecular complexity index is 813. The first-order chi connectivity index (χ1) is 12.0. The van der Waals surface area contributed by atoms with Crippen LogP contribution in [-0.2, 0) is 10.0 Å².